The van der Waals surface area contributed by atoms with Gasteiger partial charge in [-0.1, -0.05) is 60.7 Å². The van der Waals surface area contributed by atoms with Gasteiger partial charge in [0.25, 0.3) is 5.91 Å². The lowest BCUT2D eigenvalue weighted by Crippen LogP contribution is -2.53. The summed E-state index contributed by atoms with van der Waals surface area (Å²) in [6.45, 7) is 0.291. The maximum atomic E-state index is 14.2. The maximum Gasteiger partial charge on any atom is 0.266 e. The molecule has 0 saturated heterocycles. The molecule has 9 heteroatoms. The first-order chi connectivity index (χ1) is 20.5. The van der Waals surface area contributed by atoms with Gasteiger partial charge < -0.3 is 14.6 Å². The summed E-state index contributed by atoms with van der Waals surface area (Å²) >= 11 is 0. The number of aliphatic hydroxyl groups is 1. The first-order valence-electron chi connectivity index (χ1n) is 13.7. The molecule has 42 heavy (non-hydrogen) atoms. The van der Waals surface area contributed by atoms with Gasteiger partial charge in [0.1, 0.15) is 17.4 Å². The van der Waals surface area contributed by atoms with Gasteiger partial charge in [-0.2, -0.15) is 0 Å². The highest BCUT2D eigenvalue weighted by Crippen LogP contribution is 2.42. The standard InChI is InChI=1S/C33H31F2N3O4/c34-27-14-17-29(35)26(20-27)22-36-38-32(40)33(21-23-8-3-1-4-9-23)30(24-10-5-2-6-11-24)42-31(37-33)25-12-15-28(16-13-25)41-19-7-18-39/h1-6,8-17,20,30,36,39H,7,18-19,21-22H2,(H,38,40)/t30-,33-/m0/s1. The second-order valence-corrected chi connectivity index (χ2v) is 9.91. The molecule has 3 N–H and O–H groups in total. The van der Waals surface area contributed by atoms with Crippen LogP contribution in [0.25, 0.3) is 0 Å². The third-order valence-corrected chi connectivity index (χ3v) is 6.94. The molecule has 4 aromatic carbocycles. The summed E-state index contributed by atoms with van der Waals surface area (Å²) in [6, 6.07) is 29.2. The molecule has 0 bridgehead atoms. The number of amides is 1. The van der Waals surface area contributed by atoms with Gasteiger partial charge in [-0.3, -0.25) is 10.2 Å². The van der Waals surface area contributed by atoms with E-state index in [2.05, 4.69) is 10.9 Å². The van der Waals surface area contributed by atoms with Crippen LogP contribution in [0.4, 0.5) is 8.78 Å². The third kappa shape index (κ3) is 6.64. The number of nitrogens with zero attached hydrogens (tertiary/aromatic N) is 1. The van der Waals surface area contributed by atoms with Gasteiger partial charge in [0.15, 0.2) is 11.6 Å². The van der Waals surface area contributed by atoms with Gasteiger partial charge in [-0.05, 0) is 53.6 Å². The molecule has 4 aromatic rings. The Morgan fingerprint density at radius 2 is 1.67 bits per heavy atom. The number of halogens is 2. The van der Waals surface area contributed by atoms with Crippen LogP contribution >= 0.6 is 0 Å². The monoisotopic (exact) mass is 571 g/mol. The van der Waals surface area contributed by atoms with Crippen molar-refractivity contribution in [2.24, 2.45) is 4.99 Å². The largest absolute Gasteiger partial charge is 0.494 e. The molecular formula is C33H31F2N3O4. The van der Waals surface area contributed by atoms with Crippen LogP contribution < -0.4 is 15.6 Å². The number of carbonyl (C=O) groups excluding carboxylic acids is 1. The van der Waals surface area contributed by atoms with Crippen LogP contribution in [0.15, 0.2) is 108 Å². The Labute approximate surface area is 242 Å². The normalized spacial score (nSPS) is 17.8. The Bertz CT molecular complexity index is 1520. The molecule has 1 amide bonds. The van der Waals surface area contributed by atoms with E-state index in [0.717, 1.165) is 29.3 Å². The van der Waals surface area contributed by atoms with Gasteiger partial charge in [0, 0.05) is 37.1 Å². The van der Waals surface area contributed by atoms with Crippen molar-refractivity contribution in [3.8, 4) is 5.75 Å². The highest BCUT2D eigenvalue weighted by atomic mass is 19.1. The molecule has 0 radical (unpaired) electrons. The number of aliphatic imine (C=N–C) groups is 1. The van der Waals surface area contributed by atoms with Crippen LogP contribution in [0.5, 0.6) is 5.75 Å². The Kier molecular flexibility index (Phi) is 9.21. The van der Waals surface area contributed by atoms with Crippen LogP contribution in [0.2, 0.25) is 0 Å². The molecule has 0 fully saturated rings. The molecule has 0 aromatic heterocycles. The van der Waals surface area contributed by atoms with E-state index < -0.39 is 29.2 Å². The number of nitrogens with one attached hydrogen (secondary N) is 2. The van der Waals surface area contributed by atoms with Gasteiger partial charge >= 0.3 is 0 Å². The van der Waals surface area contributed by atoms with Crippen molar-refractivity contribution in [2.75, 3.05) is 13.2 Å². The lowest BCUT2D eigenvalue weighted by Gasteiger charge is -2.31. The van der Waals surface area contributed by atoms with Crippen LogP contribution in [-0.4, -0.2) is 35.7 Å². The SMILES string of the molecule is O=C(NNCc1cc(F)ccc1F)[C@@]1(Cc2ccccc2)N=C(c2ccc(OCCCO)cc2)O[C@H]1c1ccccc1. The van der Waals surface area contributed by atoms with Crippen molar-refractivity contribution in [3.63, 3.8) is 0 Å². The lowest BCUT2D eigenvalue weighted by atomic mass is 9.82. The van der Waals surface area contributed by atoms with Gasteiger partial charge in [0.05, 0.1) is 6.61 Å². The van der Waals surface area contributed by atoms with Crippen LogP contribution in [0, 0.1) is 11.6 Å². The summed E-state index contributed by atoms with van der Waals surface area (Å²) in [7, 11) is 0. The molecular weight excluding hydrogens is 540 g/mol. The van der Waals surface area contributed by atoms with Gasteiger partial charge in [-0.25, -0.2) is 19.2 Å². The molecule has 0 saturated carbocycles. The number of carbonyl (C=O) groups is 1. The molecule has 7 nitrogen and oxygen atoms in total. The second kappa shape index (κ2) is 13.4. The second-order valence-electron chi connectivity index (χ2n) is 9.91. The number of rotatable bonds is 12. The molecule has 5 rings (SSSR count). The van der Waals surface area contributed by atoms with E-state index in [-0.39, 0.29) is 31.0 Å². The Balaban J connectivity index is 1.48. The minimum Gasteiger partial charge on any atom is -0.494 e. The molecule has 1 aliphatic heterocycles. The fraction of sp³-hybridized carbons (Fsp3) is 0.212. The van der Waals surface area contributed by atoms with Crippen LogP contribution in [-0.2, 0) is 22.5 Å². The third-order valence-electron chi connectivity index (χ3n) is 6.94. The number of aliphatic hydroxyl groups excluding tert-OH is 1. The fourth-order valence-corrected chi connectivity index (χ4v) is 4.82. The number of hydrazine groups is 1. The molecule has 216 valence electrons. The summed E-state index contributed by atoms with van der Waals surface area (Å²) in [5, 5.41) is 9.00. The van der Waals surface area contributed by atoms with Crippen molar-refractivity contribution in [2.45, 2.75) is 31.0 Å². The van der Waals surface area contributed by atoms with E-state index in [0.29, 0.717) is 24.3 Å². The Morgan fingerprint density at radius 1 is 0.952 bits per heavy atom. The number of benzene rings is 4. The van der Waals surface area contributed by atoms with Crippen molar-refractivity contribution in [3.05, 3.63) is 137 Å². The van der Waals surface area contributed by atoms with Crippen molar-refractivity contribution in [1.29, 1.82) is 0 Å². The predicted octanol–water partition coefficient (Wildman–Crippen LogP) is 5.05. The van der Waals surface area contributed by atoms with Crippen molar-refractivity contribution < 1.29 is 28.2 Å². The number of ether oxygens (including phenoxy) is 2. The molecule has 1 aliphatic rings. The Hall–Kier alpha value is -4.60. The zero-order valence-corrected chi connectivity index (χ0v) is 22.8. The number of hydrogen-bond acceptors (Lipinski definition) is 6. The van der Waals surface area contributed by atoms with Gasteiger partial charge in [-0.15, -0.1) is 0 Å². The molecule has 2 atom stereocenters. The highest BCUT2D eigenvalue weighted by Gasteiger charge is 2.53. The zero-order chi connectivity index (χ0) is 29.4. The van der Waals surface area contributed by atoms with Crippen molar-refractivity contribution >= 4 is 11.8 Å². The highest BCUT2D eigenvalue weighted by molar-refractivity contribution is 6.01. The predicted molar refractivity (Wildman–Crippen MR) is 155 cm³/mol. The van der Waals surface area contributed by atoms with E-state index in [9.17, 15) is 13.6 Å². The topological polar surface area (TPSA) is 92.2 Å². The van der Waals surface area contributed by atoms with Crippen LogP contribution in [0.1, 0.15) is 34.8 Å². The summed E-state index contributed by atoms with van der Waals surface area (Å²) in [4.78, 5) is 19.0. The Morgan fingerprint density at radius 3 is 2.38 bits per heavy atom. The lowest BCUT2D eigenvalue weighted by molar-refractivity contribution is -0.130. The number of hydrogen-bond donors (Lipinski definition) is 3. The minimum absolute atomic E-state index is 0.0429. The fourth-order valence-electron chi connectivity index (χ4n) is 4.82. The molecule has 1 heterocycles. The smallest absolute Gasteiger partial charge is 0.266 e. The first-order valence-corrected chi connectivity index (χ1v) is 13.7. The van der Waals surface area contributed by atoms with E-state index >= 15 is 0 Å². The average Bonchev–Trinajstić information content (AvgIpc) is 3.40. The van der Waals surface area contributed by atoms with Crippen molar-refractivity contribution in [1.82, 2.24) is 10.9 Å². The van der Waals surface area contributed by atoms with E-state index in [4.69, 9.17) is 19.6 Å². The minimum atomic E-state index is -1.44. The van der Waals surface area contributed by atoms with E-state index in [1.807, 2.05) is 60.7 Å². The summed E-state index contributed by atoms with van der Waals surface area (Å²) in [5.41, 5.74) is 6.34. The summed E-state index contributed by atoms with van der Waals surface area (Å²) in [6.07, 6.45) is -0.0591. The molecule has 0 aliphatic carbocycles. The van der Waals surface area contributed by atoms with E-state index in [1.54, 1.807) is 24.3 Å². The van der Waals surface area contributed by atoms with E-state index in [1.165, 1.54) is 0 Å². The molecule has 0 spiro atoms. The van der Waals surface area contributed by atoms with Gasteiger partial charge in [0.2, 0.25) is 5.90 Å². The average molecular weight is 572 g/mol. The quantitative estimate of drug-likeness (QED) is 0.164. The summed E-state index contributed by atoms with van der Waals surface area (Å²) in [5.74, 6) is -0.739. The first kappa shape index (κ1) is 28.9. The molecule has 0 unspecified atom stereocenters. The summed E-state index contributed by atoms with van der Waals surface area (Å²) < 4.78 is 40.0. The zero-order valence-electron chi connectivity index (χ0n) is 22.8. The van der Waals surface area contributed by atoms with Crippen LogP contribution in [0.3, 0.4) is 0 Å². The maximum absolute atomic E-state index is 14.2.